The first-order valence-electron chi connectivity index (χ1n) is 5.90. The molecule has 0 heterocycles. The molecule has 0 spiro atoms. The van der Waals surface area contributed by atoms with Crippen molar-refractivity contribution in [3.63, 3.8) is 0 Å². The Morgan fingerprint density at radius 2 is 1.63 bits per heavy atom. The van der Waals surface area contributed by atoms with E-state index in [1.54, 1.807) is 0 Å². The highest BCUT2D eigenvalue weighted by Gasteiger charge is 2.08. The van der Waals surface area contributed by atoms with Crippen LogP contribution < -0.4 is 4.90 Å². The molecule has 0 aliphatic rings. The smallest absolute Gasteiger partial charge is 0.0426 e. The van der Waals surface area contributed by atoms with E-state index in [0.29, 0.717) is 0 Å². The van der Waals surface area contributed by atoms with E-state index in [1.807, 2.05) is 42.5 Å². The van der Waals surface area contributed by atoms with Crippen LogP contribution in [0.4, 0.5) is 5.69 Å². The molecule has 0 bridgehead atoms. The van der Waals surface area contributed by atoms with E-state index in [9.17, 15) is 0 Å². The summed E-state index contributed by atoms with van der Waals surface area (Å²) in [4.78, 5) is 2.19. The summed E-state index contributed by atoms with van der Waals surface area (Å²) in [6.07, 6.45) is 0. The van der Waals surface area contributed by atoms with E-state index < -0.39 is 0 Å². The molecule has 2 rings (SSSR count). The number of hydrogen-bond donors (Lipinski definition) is 0. The lowest BCUT2D eigenvalue weighted by molar-refractivity contribution is 0.917. The fourth-order valence-electron chi connectivity index (χ4n) is 1.95. The van der Waals surface area contributed by atoms with Crippen LogP contribution in [0.15, 0.2) is 42.5 Å². The minimum absolute atomic E-state index is 0.752. The monoisotopic (exact) mass is 357 g/mol. The Morgan fingerprint density at radius 3 is 2.26 bits per heavy atom. The summed E-state index contributed by atoms with van der Waals surface area (Å²) in [6, 6.07) is 13.9. The molecule has 0 radical (unpaired) electrons. The number of alkyl halides is 1. The highest BCUT2D eigenvalue weighted by Crippen LogP contribution is 2.27. The van der Waals surface area contributed by atoms with Gasteiger partial charge in [-0.2, -0.15) is 0 Å². The van der Waals surface area contributed by atoms with Gasteiger partial charge in [-0.3, -0.25) is 0 Å². The molecule has 0 aliphatic heterocycles. The first kappa shape index (κ1) is 14.7. The summed E-state index contributed by atoms with van der Waals surface area (Å²) in [5, 5.41) is 2.32. The van der Waals surface area contributed by atoms with Crippen LogP contribution in [-0.4, -0.2) is 7.05 Å². The maximum atomic E-state index is 6.08. The Labute approximate surface area is 132 Å². The molecule has 2 aromatic rings. The largest absolute Gasteiger partial charge is 0.370 e. The fraction of sp³-hybridized carbons (Fsp3) is 0.200. The molecule has 0 aliphatic carbocycles. The van der Waals surface area contributed by atoms with E-state index >= 15 is 0 Å². The van der Waals surface area contributed by atoms with Gasteiger partial charge in [-0.1, -0.05) is 57.3 Å². The lowest BCUT2D eigenvalue weighted by Crippen LogP contribution is -2.17. The van der Waals surface area contributed by atoms with E-state index in [-0.39, 0.29) is 0 Å². The molecule has 4 heteroatoms. The lowest BCUT2D eigenvalue weighted by Gasteiger charge is -2.22. The van der Waals surface area contributed by atoms with Gasteiger partial charge in [-0.25, -0.2) is 0 Å². The predicted octanol–water partition coefficient (Wildman–Crippen LogP) is 5.52. The number of nitrogens with zero attached hydrogens (tertiary/aromatic N) is 1. The molecule has 1 nitrogen and oxygen atoms in total. The molecule has 0 aromatic heterocycles. The molecule has 0 fully saturated rings. The van der Waals surface area contributed by atoms with Gasteiger partial charge in [0.15, 0.2) is 0 Å². The Balaban J connectivity index is 2.21. The van der Waals surface area contributed by atoms with Crippen LogP contribution in [-0.2, 0) is 11.9 Å². The second kappa shape index (κ2) is 6.65. The molecule has 0 saturated carbocycles. The summed E-state index contributed by atoms with van der Waals surface area (Å²) < 4.78 is 0. The maximum Gasteiger partial charge on any atom is 0.0426 e. The van der Waals surface area contributed by atoms with Crippen LogP contribution in [0.5, 0.6) is 0 Å². The second-order valence-corrected chi connectivity index (χ2v) is 5.82. The Morgan fingerprint density at radius 1 is 1.00 bits per heavy atom. The average Bonchev–Trinajstić information content (AvgIpc) is 2.41. The average molecular weight is 359 g/mol. The lowest BCUT2D eigenvalue weighted by atomic mass is 10.1. The molecular formula is C15H14BrCl2N. The zero-order valence-electron chi connectivity index (χ0n) is 10.5. The van der Waals surface area contributed by atoms with E-state index in [0.717, 1.165) is 27.6 Å². The van der Waals surface area contributed by atoms with Crippen LogP contribution in [0.2, 0.25) is 10.0 Å². The molecule has 2 aromatic carbocycles. The predicted molar refractivity (Wildman–Crippen MR) is 87.6 cm³/mol. The molecule has 0 amide bonds. The zero-order chi connectivity index (χ0) is 13.8. The normalized spacial score (nSPS) is 10.5. The Kier molecular flexibility index (Phi) is 5.14. The maximum absolute atomic E-state index is 6.08. The van der Waals surface area contributed by atoms with Gasteiger partial charge < -0.3 is 4.90 Å². The number of halogens is 3. The van der Waals surface area contributed by atoms with Crippen molar-refractivity contribution < 1.29 is 0 Å². The van der Waals surface area contributed by atoms with Crippen molar-refractivity contribution in [2.24, 2.45) is 0 Å². The topological polar surface area (TPSA) is 3.24 Å². The van der Waals surface area contributed by atoms with Gasteiger partial charge in [0, 0.05) is 34.7 Å². The second-order valence-electron chi connectivity index (χ2n) is 4.39. The number of rotatable bonds is 4. The van der Waals surface area contributed by atoms with Gasteiger partial charge in [0.05, 0.1) is 0 Å². The molecule has 0 N–H and O–H groups in total. The summed E-state index contributed by atoms with van der Waals surface area (Å²) in [5.74, 6) is 0. The third-order valence-corrected chi connectivity index (χ3v) is 4.03. The van der Waals surface area contributed by atoms with Gasteiger partial charge in [0.1, 0.15) is 0 Å². The Bertz CT molecular complexity index is 555. The van der Waals surface area contributed by atoms with Crippen molar-refractivity contribution >= 4 is 44.8 Å². The quantitative estimate of drug-likeness (QED) is 0.650. The van der Waals surface area contributed by atoms with Crippen molar-refractivity contribution in [2.75, 3.05) is 11.9 Å². The van der Waals surface area contributed by atoms with Crippen molar-refractivity contribution in [2.45, 2.75) is 11.9 Å². The molecule has 100 valence electrons. The van der Waals surface area contributed by atoms with Crippen LogP contribution in [0.3, 0.4) is 0 Å². The fourth-order valence-corrected chi connectivity index (χ4v) is 2.72. The van der Waals surface area contributed by atoms with Crippen molar-refractivity contribution in [1.82, 2.24) is 0 Å². The van der Waals surface area contributed by atoms with Crippen LogP contribution in [0.25, 0.3) is 0 Å². The molecule has 0 unspecified atom stereocenters. The molecule has 19 heavy (non-hydrogen) atoms. The molecule has 0 atom stereocenters. The van der Waals surface area contributed by atoms with Gasteiger partial charge in [-0.15, -0.1) is 0 Å². The third kappa shape index (κ3) is 3.88. The van der Waals surface area contributed by atoms with Crippen molar-refractivity contribution in [1.29, 1.82) is 0 Å². The van der Waals surface area contributed by atoms with Crippen molar-refractivity contribution in [3.05, 3.63) is 63.6 Å². The van der Waals surface area contributed by atoms with Crippen LogP contribution in [0.1, 0.15) is 11.1 Å². The standard InChI is InChI=1S/C15H14BrCl2N/c1-19(10-11-2-5-13(17)6-3-11)15-8-14(18)7-4-12(15)9-16/h2-8H,9-10H2,1H3. The summed E-state index contributed by atoms with van der Waals surface area (Å²) in [6.45, 7) is 0.817. The first-order chi connectivity index (χ1) is 9.10. The number of anilines is 1. The molecule has 0 saturated heterocycles. The minimum atomic E-state index is 0.752. The first-order valence-corrected chi connectivity index (χ1v) is 7.78. The van der Waals surface area contributed by atoms with Crippen LogP contribution >= 0.6 is 39.1 Å². The summed E-state index contributed by atoms with van der Waals surface area (Å²) in [7, 11) is 2.06. The van der Waals surface area contributed by atoms with Crippen molar-refractivity contribution in [3.8, 4) is 0 Å². The number of hydrogen-bond acceptors (Lipinski definition) is 1. The third-order valence-electron chi connectivity index (χ3n) is 2.94. The highest BCUT2D eigenvalue weighted by atomic mass is 79.9. The van der Waals surface area contributed by atoms with Gasteiger partial charge in [0.2, 0.25) is 0 Å². The van der Waals surface area contributed by atoms with E-state index in [1.165, 1.54) is 11.1 Å². The summed E-state index contributed by atoms with van der Waals surface area (Å²) >= 11 is 15.5. The Hall–Kier alpha value is -0.700. The van der Waals surface area contributed by atoms with Gasteiger partial charge in [-0.05, 0) is 35.4 Å². The minimum Gasteiger partial charge on any atom is -0.370 e. The van der Waals surface area contributed by atoms with Crippen LogP contribution in [0, 0.1) is 0 Å². The number of benzene rings is 2. The zero-order valence-corrected chi connectivity index (χ0v) is 13.6. The SMILES string of the molecule is CN(Cc1ccc(Cl)cc1)c1cc(Cl)ccc1CBr. The van der Waals surface area contributed by atoms with E-state index in [4.69, 9.17) is 23.2 Å². The van der Waals surface area contributed by atoms with Gasteiger partial charge in [0.25, 0.3) is 0 Å². The molecular weight excluding hydrogens is 345 g/mol. The van der Waals surface area contributed by atoms with Gasteiger partial charge >= 0.3 is 0 Å². The summed E-state index contributed by atoms with van der Waals surface area (Å²) in [5.41, 5.74) is 3.58. The van der Waals surface area contributed by atoms with E-state index in [2.05, 4.69) is 27.9 Å². The highest BCUT2D eigenvalue weighted by molar-refractivity contribution is 9.08.